The van der Waals surface area contributed by atoms with Crippen molar-refractivity contribution in [2.45, 2.75) is 0 Å². The summed E-state index contributed by atoms with van der Waals surface area (Å²) in [6.07, 6.45) is 1.49. The van der Waals surface area contributed by atoms with E-state index < -0.39 is 5.91 Å². The molecule has 0 atom stereocenters. The number of halogens is 1. The molecule has 0 bridgehead atoms. The fourth-order valence-electron chi connectivity index (χ4n) is 1.91. The minimum atomic E-state index is -0.658. The maximum absolute atomic E-state index is 11.6. The SMILES string of the molecule is O=C(NO)c1cc2c(Cl)cccc2n2cnnc12. The van der Waals surface area contributed by atoms with Gasteiger partial charge in [-0.05, 0) is 18.2 Å². The molecule has 1 aromatic carbocycles. The van der Waals surface area contributed by atoms with Gasteiger partial charge in [0.15, 0.2) is 5.65 Å². The smallest absolute Gasteiger partial charge is 0.278 e. The molecule has 0 fully saturated rings. The molecule has 0 aliphatic heterocycles. The Kier molecular flexibility index (Phi) is 2.39. The first-order chi connectivity index (χ1) is 8.72. The fourth-order valence-corrected chi connectivity index (χ4v) is 2.13. The Labute approximate surface area is 106 Å². The van der Waals surface area contributed by atoms with Crippen molar-refractivity contribution in [1.82, 2.24) is 20.1 Å². The number of rotatable bonds is 1. The molecule has 3 rings (SSSR count). The molecule has 0 spiro atoms. The summed E-state index contributed by atoms with van der Waals surface area (Å²) in [5, 5.41) is 17.6. The summed E-state index contributed by atoms with van der Waals surface area (Å²) < 4.78 is 1.64. The molecule has 0 aliphatic carbocycles. The van der Waals surface area contributed by atoms with E-state index in [2.05, 4.69) is 10.2 Å². The predicted molar refractivity (Wildman–Crippen MR) is 64.8 cm³/mol. The van der Waals surface area contributed by atoms with E-state index in [4.69, 9.17) is 16.8 Å². The monoisotopic (exact) mass is 262 g/mol. The van der Waals surface area contributed by atoms with E-state index in [0.29, 0.717) is 16.1 Å². The van der Waals surface area contributed by atoms with Crippen LogP contribution >= 0.6 is 11.6 Å². The van der Waals surface area contributed by atoms with Crippen molar-refractivity contribution in [2.24, 2.45) is 0 Å². The molecule has 2 heterocycles. The van der Waals surface area contributed by atoms with Crippen LogP contribution in [0, 0.1) is 0 Å². The Morgan fingerprint density at radius 1 is 1.44 bits per heavy atom. The second-order valence-corrected chi connectivity index (χ2v) is 4.10. The average molecular weight is 263 g/mol. The number of fused-ring (bicyclic) bond motifs is 3. The summed E-state index contributed by atoms with van der Waals surface area (Å²) in [4.78, 5) is 11.6. The van der Waals surface area contributed by atoms with E-state index >= 15 is 0 Å². The highest BCUT2D eigenvalue weighted by Crippen LogP contribution is 2.26. The maximum Gasteiger partial charge on any atom is 0.278 e. The van der Waals surface area contributed by atoms with Crippen molar-refractivity contribution in [3.63, 3.8) is 0 Å². The Morgan fingerprint density at radius 3 is 3.06 bits per heavy atom. The van der Waals surface area contributed by atoms with Crippen LogP contribution in [0.1, 0.15) is 10.4 Å². The molecule has 0 saturated carbocycles. The van der Waals surface area contributed by atoms with Crippen LogP contribution in [0.4, 0.5) is 0 Å². The van der Waals surface area contributed by atoms with E-state index in [9.17, 15) is 4.79 Å². The molecule has 90 valence electrons. The fraction of sp³-hybridized carbons (Fsp3) is 0. The molecule has 2 N–H and O–H groups in total. The Bertz CT molecular complexity index is 768. The maximum atomic E-state index is 11.6. The number of hydrogen-bond donors (Lipinski definition) is 2. The van der Waals surface area contributed by atoms with Crippen molar-refractivity contribution in [3.8, 4) is 0 Å². The first kappa shape index (κ1) is 10.9. The van der Waals surface area contributed by atoms with Crippen LogP contribution in [0.2, 0.25) is 5.02 Å². The zero-order valence-electron chi connectivity index (χ0n) is 8.96. The lowest BCUT2D eigenvalue weighted by Crippen LogP contribution is -2.19. The summed E-state index contributed by atoms with van der Waals surface area (Å²) in [5.41, 5.74) is 2.94. The minimum absolute atomic E-state index is 0.204. The van der Waals surface area contributed by atoms with Crippen molar-refractivity contribution in [1.29, 1.82) is 0 Å². The summed E-state index contributed by atoms with van der Waals surface area (Å²) in [6, 6.07) is 6.95. The van der Waals surface area contributed by atoms with Gasteiger partial charge in [0.1, 0.15) is 6.33 Å². The van der Waals surface area contributed by atoms with Gasteiger partial charge in [-0.1, -0.05) is 17.7 Å². The van der Waals surface area contributed by atoms with Gasteiger partial charge in [-0.15, -0.1) is 10.2 Å². The van der Waals surface area contributed by atoms with E-state index in [1.165, 1.54) is 6.33 Å². The zero-order valence-corrected chi connectivity index (χ0v) is 9.72. The molecule has 3 aromatic rings. The number of hydroxylamine groups is 1. The summed E-state index contributed by atoms with van der Waals surface area (Å²) in [7, 11) is 0. The van der Waals surface area contributed by atoms with Gasteiger partial charge in [0.05, 0.1) is 11.1 Å². The third-order valence-corrected chi connectivity index (χ3v) is 3.04. The summed E-state index contributed by atoms with van der Waals surface area (Å²) >= 11 is 6.10. The second kappa shape index (κ2) is 3.94. The van der Waals surface area contributed by atoms with Gasteiger partial charge in [0.25, 0.3) is 5.91 Å². The molecule has 0 saturated heterocycles. The average Bonchev–Trinajstić information content (AvgIpc) is 2.87. The van der Waals surface area contributed by atoms with Gasteiger partial charge in [-0.3, -0.25) is 14.4 Å². The van der Waals surface area contributed by atoms with Crippen molar-refractivity contribution < 1.29 is 10.0 Å². The molecule has 7 heteroatoms. The number of hydrogen-bond acceptors (Lipinski definition) is 4. The van der Waals surface area contributed by atoms with E-state index in [-0.39, 0.29) is 5.56 Å². The molecular formula is C11H7ClN4O2. The Balaban J connectivity index is 2.51. The molecule has 0 unspecified atom stereocenters. The molecular weight excluding hydrogens is 256 g/mol. The summed E-state index contributed by atoms with van der Waals surface area (Å²) in [6.45, 7) is 0. The number of carbonyl (C=O) groups is 1. The number of benzene rings is 1. The molecule has 6 nitrogen and oxygen atoms in total. The quantitative estimate of drug-likeness (QED) is 0.516. The van der Waals surface area contributed by atoms with Gasteiger partial charge in [-0.2, -0.15) is 0 Å². The number of pyridine rings is 1. The number of carbonyl (C=O) groups excluding carboxylic acids is 1. The van der Waals surface area contributed by atoms with E-state index in [0.717, 1.165) is 5.52 Å². The number of nitrogens with one attached hydrogen (secondary N) is 1. The number of aromatic nitrogens is 3. The van der Waals surface area contributed by atoms with E-state index in [1.54, 1.807) is 28.1 Å². The van der Waals surface area contributed by atoms with Crippen LogP contribution in [-0.4, -0.2) is 25.7 Å². The largest absolute Gasteiger partial charge is 0.288 e. The van der Waals surface area contributed by atoms with Crippen LogP contribution in [0.15, 0.2) is 30.6 Å². The standard InChI is InChI=1S/C11H7ClN4O2/c12-8-2-1-3-9-6(8)4-7(11(17)15-18)10-14-13-5-16(9)10/h1-5,18H,(H,15,17). The highest BCUT2D eigenvalue weighted by molar-refractivity contribution is 6.35. The van der Waals surface area contributed by atoms with Gasteiger partial charge in [0.2, 0.25) is 0 Å². The van der Waals surface area contributed by atoms with Crippen LogP contribution < -0.4 is 5.48 Å². The topological polar surface area (TPSA) is 79.5 Å². The molecule has 1 amide bonds. The third kappa shape index (κ3) is 1.43. The molecule has 18 heavy (non-hydrogen) atoms. The van der Waals surface area contributed by atoms with E-state index in [1.807, 2.05) is 6.07 Å². The van der Waals surface area contributed by atoms with Crippen LogP contribution in [-0.2, 0) is 0 Å². The van der Waals surface area contributed by atoms with Crippen LogP contribution in [0.25, 0.3) is 16.6 Å². The highest BCUT2D eigenvalue weighted by Gasteiger charge is 2.15. The lowest BCUT2D eigenvalue weighted by atomic mass is 10.1. The minimum Gasteiger partial charge on any atom is -0.288 e. The normalized spacial score (nSPS) is 11.0. The number of amides is 1. The van der Waals surface area contributed by atoms with Gasteiger partial charge >= 0.3 is 0 Å². The Hall–Kier alpha value is -2.18. The van der Waals surface area contributed by atoms with Crippen molar-refractivity contribution in [2.75, 3.05) is 0 Å². The predicted octanol–water partition coefficient (Wildman–Crippen LogP) is 1.65. The van der Waals surface area contributed by atoms with Crippen LogP contribution in [0.3, 0.4) is 0 Å². The van der Waals surface area contributed by atoms with Gasteiger partial charge in [0, 0.05) is 10.4 Å². The Morgan fingerprint density at radius 2 is 2.28 bits per heavy atom. The van der Waals surface area contributed by atoms with Gasteiger partial charge < -0.3 is 0 Å². The molecule has 0 aliphatic rings. The van der Waals surface area contributed by atoms with Crippen molar-refractivity contribution in [3.05, 3.63) is 41.2 Å². The summed E-state index contributed by atoms with van der Waals surface area (Å²) in [5.74, 6) is -0.658. The van der Waals surface area contributed by atoms with Crippen molar-refractivity contribution >= 4 is 34.1 Å². The second-order valence-electron chi connectivity index (χ2n) is 3.70. The first-order valence-corrected chi connectivity index (χ1v) is 5.45. The van der Waals surface area contributed by atoms with Crippen LogP contribution in [0.5, 0.6) is 0 Å². The number of nitrogens with zero attached hydrogens (tertiary/aromatic N) is 3. The third-order valence-electron chi connectivity index (χ3n) is 2.71. The molecule has 2 aromatic heterocycles. The lowest BCUT2D eigenvalue weighted by molar-refractivity contribution is 0.0708. The molecule has 0 radical (unpaired) electrons. The zero-order chi connectivity index (χ0) is 12.7. The lowest BCUT2D eigenvalue weighted by Gasteiger charge is -2.07. The highest BCUT2D eigenvalue weighted by atomic mass is 35.5. The first-order valence-electron chi connectivity index (χ1n) is 5.08. The van der Waals surface area contributed by atoms with Gasteiger partial charge in [-0.25, -0.2) is 5.48 Å².